The molecule has 0 N–H and O–H groups in total. The first-order valence-electron chi connectivity index (χ1n) is 6.44. The Morgan fingerprint density at radius 2 is 2.06 bits per heavy atom. The maximum absolute atomic E-state index is 12.7. The summed E-state index contributed by atoms with van der Waals surface area (Å²) in [5.41, 5.74) is 0.951. The predicted molar refractivity (Wildman–Crippen MR) is 73.9 cm³/mol. The number of allylic oxidation sites excluding steroid dienone is 1. The van der Waals surface area contributed by atoms with Crippen molar-refractivity contribution in [3.05, 3.63) is 35.6 Å². The molecule has 0 saturated carbocycles. The summed E-state index contributed by atoms with van der Waals surface area (Å²) >= 11 is 0. The van der Waals surface area contributed by atoms with Crippen molar-refractivity contribution in [2.75, 3.05) is 6.61 Å². The van der Waals surface area contributed by atoms with Crippen LogP contribution in [0.25, 0.3) is 6.08 Å². The Morgan fingerprint density at radius 1 is 1.28 bits per heavy atom. The molecule has 1 atom stereocenters. The van der Waals surface area contributed by atoms with Gasteiger partial charge in [-0.05, 0) is 31.1 Å². The van der Waals surface area contributed by atoms with Crippen LogP contribution in [0, 0.1) is 0 Å². The van der Waals surface area contributed by atoms with Crippen LogP contribution in [-0.4, -0.2) is 6.61 Å². The molecule has 1 aromatic rings. The van der Waals surface area contributed by atoms with Gasteiger partial charge in [-0.25, -0.2) is 4.57 Å². The topological polar surface area (TPSA) is 35.5 Å². The largest absolute Gasteiger partial charge is 0.426 e. The number of unbranched alkanes of at least 4 members (excludes halogenated alkanes) is 1. The molecule has 1 unspecified atom stereocenters. The average Bonchev–Trinajstić information content (AvgIpc) is 2.36. The molecule has 4 heteroatoms. The fourth-order valence-corrected chi connectivity index (χ4v) is 3.80. The predicted octanol–water partition coefficient (Wildman–Crippen LogP) is 4.10. The van der Waals surface area contributed by atoms with Crippen LogP contribution in [0.1, 0.15) is 38.7 Å². The van der Waals surface area contributed by atoms with E-state index in [0.29, 0.717) is 11.9 Å². The molecule has 1 aromatic carbocycles. The van der Waals surface area contributed by atoms with Crippen molar-refractivity contribution in [1.82, 2.24) is 0 Å². The van der Waals surface area contributed by atoms with Crippen molar-refractivity contribution in [2.45, 2.75) is 33.1 Å². The van der Waals surface area contributed by atoms with Crippen molar-refractivity contribution in [3.8, 4) is 0 Å². The summed E-state index contributed by atoms with van der Waals surface area (Å²) in [7, 11) is -3.17. The van der Waals surface area contributed by atoms with Crippen LogP contribution in [-0.2, 0) is 13.6 Å². The first-order chi connectivity index (χ1) is 8.69. The molecule has 3 nitrogen and oxygen atoms in total. The lowest BCUT2D eigenvalue weighted by Gasteiger charge is -2.26. The molecule has 98 valence electrons. The van der Waals surface area contributed by atoms with Crippen LogP contribution in [0.5, 0.6) is 0 Å². The third-order valence-electron chi connectivity index (χ3n) is 2.86. The first-order valence-corrected chi connectivity index (χ1v) is 7.98. The molecule has 1 heterocycles. The van der Waals surface area contributed by atoms with Gasteiger partial charge in [0.05, 0.1) is 11.9 Å². The van der Waals surface area contributed by atoms with Gasteiger partial charge >= 0.3 is 7.60 Å². The summed E-state index contributed by atoms with van der Waals surface area (Å²) < 4.78 is 23.8. The molecule has 0 radical (unpaired) electrons. The summed E-state index contributed by atoms with van der Waals surface area (Å²) in [5, 5.41) is 0.673. The van der Waals surface area contributed by atoms with E-state index in [4.69, 9.17) is 9.05 Å². The van der Waals surface area contributed by atoms with Crippen molar-refractivity contribution in [1.29, 1.82) is 0 Å². The van der Waals surface area contributed by atoms with Crippen molar-refractivity contribution in [3.63, 3.8) is 0 Å². The number of hydrogen-bond donors (Lipinski definition) is 0. The molecule has 0 aliphatic carbocycles. The second-order valence-electron chi connectivity index (χ2n) is 4.28. The zero-order valence-electron chi connectivity index (χ0n) is 10.9. The highest BCUT2D eigenvalue weighted by Crippen LogP contribution is 2.53. The van der Waals surface area contributed by atoms with E-state index in [9.17, 15) is 4.57 Å². The van der Waals surface area contributed by atoms with Gasteiger partial charge in [-0.15, -0.1) is 0 Å². The maximum Gasteiger partial charge on any atom is 0.411 e. The number of hydrogen-bond acceptors (Lipinski definition) is 3. The lowest BCUT2D eigenvalue weighted by molar-refractivity contribution is 0.254. The SMILES string of the molecule is CCCCC1=Cc2ccccc2P(=O)(OCC)O1. The molecule has 0 saturated heterocycles. The van der Waals surface area contributed by atoms with E-state index < -0.39 is 7.60 Å². The van der Waals surface area contributed by atoms with Gasteiger partial charge in [0.1, 0.15) is 5.76 Å². The summed E-state index contributed by atoms with van der Waals surface area (Å²) in [5.74, 6) is 0.771. The molecular weight excluding hydrogens is 247 g/mol. The fraction of sp³-hybridized carbons (Fsp3) is 0.429. The second kappa shape index (κ2) is 5.73. The minimum Gasteiger partial charge on any atom is -0.426 e. The van der Waals surface area contributed by atoms with Gasteiger partial charge < -0.3 is 4.52 Å². The summed E-state index contributed by atoms with van der Waals surface area (Å²) in [6, 6.07) is 7.57. The van der Waals surface area contributed by atoms with Crippen LogP contribution >= 0.6 is 7.60 Å². The molecule has 0 aromatic heterocycles. The van der Waals surface area contributed by atoms with Gasteiger partial charge in [0.15, 0.2) is 0 Å². The minimum atomic E-state index is -3.17. The highest BCUT2D eigenvalue weighted by molar-refractivity contribution is 7.62. The van der Waals surface area contributed by atoms with Gasteiger partial charge in [-0.2, -0.15) is 0 Å². The molecule has 18 heavy (non-hydrogen) atoms. The fourth-order valence-electron chi connectivity index (χ4n) is 2.00. The third kappa shape index (κ3) is 2.68. The average molecular weight is 266 g/mol. The highest BCUT2D eigenvalue weighted by Gasteiger charge is 2.34. The van der Waals surface area contributed by atoms with Crippen LogP contribution in [0.15, 0.2) is 30.0 Å². The van der Waals surface area contributed by atoms with Gasteiger partial charge in [0.2, 0.25) is 0 Å². The zero-order chi connectivity index (χ0) is 13.0. The van der Waals surface area contributed by atoms with E-state index in [2.05, 4.69) is 6.92 Å². The summed E-state index contributed by atoms with van der Waals surface area (Å²) in [6.07, 6.45) is 4.89. The normalized spacial score (nSPS) is 22.0. The number of rotatable bonds is 5. The van der Waals surface area contributed by atoms with Gasteiger partial charge in [0, 0.05) is 6.42 Å². The van der Waals surface area contributed by atoms with E-state index in [0.717, 1.165) is 30.6 Å². The van der Waals surface area contributed by atoms with E-state index in [1.165, 1.54) is 0 Å². The maximum atomic E-state index is 12.7. The van der Waals surface area contributed by atoms with Crippen LogP contribution in [0.2, 0.25) is 0 Å². The Labute approximate surface area is 108 Å². The monoisotopic (exact) mass is 266 g/mol. The quantitative estimate of drug-likeness (QED) is 0.752. The third-order valence-corrected chi connectivity index (χ3v) is 4.93. The zero-order valence-corrected chi connectivity index (χ0v) is 11.8. The second-order valence-corrected chi connectivity index (χ2v) is 6.20. The Hall–Kier alpha value is -1.05. The number of benzene rings is 1. The van der Waals surface area contributed by atoms with Crippen molar-refractivity contribution >= 4 is 19.0 Å². The van der Waals surface area contributed by atoms with Crippen molar-refractivity contribution in [2.24, 2.45) is 0 Å². The molecular formula is C14H19O3P. The minimum absolute atomic E-state index is 0.382. The molecule has 0 fully saturated rings. The standard InChI is InChI=1S/C14H19O3P/c1-3-5-9-13-11-12-8-6-7-10-14(12)18(15,17-13)16-4-2/h6-8,10-11H,3-5,9H2,1-2H3. The number of fused-ring (bicyclic) bond motifs is 1. The van der Waals surface area contributed by atoms with Gasteiger partial charge in [-0.1, -0.05) is 31.5 Å². The molecule has 0 spiro atoms. The lowest BCUT2D eigenvalue weighted by Crippen LogP contribution is -2.17. The molecule has 2 rings (SSSR count). The highest BCUT2D eigenvalue weighted by atomic mass is 31.2. The van der Waals surface area contributed by atoms with Crippen molar-refractivity contribution < 1.29 is 13.6 Å². The Bertz CT molecular complexity index is 494. The Kier molecular flexibility index (Phi) is 4.26. The first kappa shape index (κ1) is 13.4. The smallest absolute Gasteiger partial charge is 0.411 e. The van der Waals surface area contributed by atoms with E-state index in [-0.39, 0.29) is 0 Å². The van der Waals surface area contributed by atoms with Crippen LogP contribution < -0.4 is 5.30 Å². The van der Waals surface area contributed by atoms with E-state index >= 15 is 0 Å². The van der Waals surface area contributed by atoms with Gasteiger partial charge in [0.25, 0.3) is 0 Å². The van der Waals surface area contributed by atoms with Crippen LogP contribution in [0.4, 0.5) is 0 Å². The van der Waals surface area contributed by atoms with Crippen LogP contribution in [0.3, 0.4) is 0 Å². The molecule has 1 aliphatic rings. The summed E-state index contributed by atoms with van der Waals surface area (Å²) in [6.45, 7) is 4.34. The van der Waals surface area contributed by atoms with Gasteiger partial charge in [-0.3, -0.25) is 4.52 Å². The van der Waals surface area contributed by atoms with E-state index in [1.54, 1.807) is 0 Å². The Morgan fingerprint density at radius 3 is 2.78 bits per heavy atom. The van der Waals surface area contributed by atoms with E-state index in [1.807, 2.05) is 37.3 Å². The summed E-state index contributed by atoms with van der Waals surface area (Å²) in [4.78, 5) is 0. The Balaban J connectivity index is 2.36. The molecule has 0 bridgehead atoms. The molecule has 0 amide bonds. The molecule has 1 aliphatic heterocycles. The lowest BCUT2D eigenvalue weighted by atomic mass is 10.1.